The van der Waals surface area contributed by atoms with Crippen LogP contribution in [-0.2, 0) is 0 Å². The smallest absolute Gasteiger partial charge is 0.0465 e. The third-order valence-electron chi connectivity index (χ3n) is 3.78. The van der Waals surface area contributed by atoms with Gasteiger partial charge in [-0.2, -0.15) is 0 Å². The van der Waals surface area contributed by atoms with Gasteiger partial charge in [0.25, 0.3) is 0 Å². The standard InChI is InChI=1S/C17H27BrClN/c1-3-4-5-6-7-8-9-10-17(20-2)15-12-11-14(18)13-16(15)19/h11-13,17,20H,3-10H2,1-2H3. The third kappa shape index (κ3) is 6.60. The van der Waals surface area contributed by atoms with Crippen LogP contribution < -0.4 is 5.32 Å². The molecule has 0 saturated carbocycles. The first-order chi connectivity index (χ1) is 9.69. The molecule has 1 rings (SSSR count). The van der Waals surface area contributed by atoms with Crippen LogP contribution in [-0.4, -0.2) is 7.05 Å². The van der Waals surface area contributed by atoms with Crippen molar-refractivity contribution in [3.8, 4) is 0 Å². The summed E-state index contributed by atoms with van der Waals surface area (Å²) in [5.74, 6) is 0. The van der Waals surface area contributed by atoms with Crippen molar-refractivity contribution in [2.24, 2.45) is 0 Å². The van der Waals surface area contributed by atoms with Crippen LogP contribution in [0.2, 0.25) is 5.02 Å². The average molecular weight is 361 g/mol. The Hall–Kier alpha value is -0.0500. The van der Waals surface area contributed by atoms with Gasteiger partial charge in [0.2, 0.25) is 0 Å². The molecule has 0 spiro atoms. The largest absolute Gasteiger partial charge is 0.313 e. The highest BCUT2D eigenvalue weighted by molar-refractivity contribution is 9.10. The van der Waals surface area contributed by atoms with E-state index in [9.17, 15) is 0 Å². The quantitative estimate of drug-likeness (QED) is 0.469. The maximum absolute atomic E-state index is 6.33. The first-order valence-corrected chi connectivity index (χ1v) is 8.98. The molecule has 0 aromatic heterocycles. The molecular weight excluding hydrogens is 334 g/mol. The maximum Gasteiger partial charge on any atom is 0.0465 e. The fourth-order valence-electron chi connectivity index (χ4n) is 2.55. The molecule has 0 bridgehead atoms. The van der Waals surface area contributed by atoms with Gasteiger partial charge in [-0.1, -0.05) is 85.5 Å². The highest BCUT2D eigenvalue weighted by atomic mass is 79.9. The molecule has 3 heteroatoms. The molecule has 0 fully saturated rings. The van der Waals surface area contributed by atoms with E-state index >= 15 is 0 Å². The van der Waals surface area contributed by atoms with E-state index < -0.39 is 0 Å². The van der Waals surface area contributed by atoms with Gasteiger partial charge < -0.3 is 5.32 Å². The minimum atomic E-state index is 0.367. The van der Waals surface area contributed by atoms with E-state index in [1.165, 1.54) is 50.5 Å². The fourth-order valence-corrected chi connectivity index (χ4v) is 3.35. The minimum Gasteiger partial charge on any atom is -0.313 e. The first-order valence-electron chi connectivity index (χ1n) is 7.81. The molecule has 114 valence electrons. The van der Waals surface area contributed by atoms with Gasteiger partial charge in [-0.15, -0.1) is 0 Å². The molecule has 1 aromatic carbocycles. The van der Waals surface area contributed by atoms with E-state index in [1.54, 1.807) is 0 Å². The second-order valence-electron chi connectivity index (χ2n) is 5.42. The molecule has 0 aliphatic heterocycles. The van der Waals surface area contributed by atoms with E-state index in [4.69, 9.17) is 11.6 Å². The van der Waals surface area contributed by atoms with E-state index in [2.05, 4.69) is 40.3 Å². The zero-order valence-corrected chi connectivity index (χ0v) is 15.1. The molecule has 0 aliphatic carbocycles. The highest BCUT2D eigenvalue weighted by Gasteiger charge is 2.12. The van der Waals surface area contributed by atoms with Crippen LogP contribution in [0.25, 0.3) is 0 Å². The molecular formula is C17H27BrClN. The highest BCUT2D eigenvalue weighted by Crippen LogP contribution is 2.29. The van der Waals surface area contributed by atoms with Crippen molar-refractivity contribution in [2.45, 2.75) is 64.3 Å². The number of hydrogen-bond donors (Lipinski definition) is 1. The summed E-state index contributed by atoms with van der Waals surface area (Å²) in [5, 5.41) is 4.24. The van der Waals surface area contributed by atoms with Gasteiger partial charge in [-0.05, 0) is 31.2 Å². The lowest BCUT2D eigenvalue weighted by Gasteiger charge is -2.18. The Kier molecular flexibility index (Phi) is 9.58. The summed E-state index contributed by atoms with van der Waals surface area (Å²) in [6.45, 7) is 2.26. The zero-order valence-electron chi connectivity index (χ0n) is 12.7. The van der Waals surface area contributed by atoms with Crippen molar-refractivity contribution in [3.63, 3.8) is 0 Å². The monoisotopic (exact) mass is 359 g/mol. The number of unbranched alkanes of at least 4 members (excludes halogenated alkanes) is 6. The zero-order chi connectivity index (χ0) is 14.8. The lowest BCUT2D eigenvalue weighted by Crippen LogP contribution is -2.16. The molecule has 1 unspecified atom stereocenters. The number of rotatable bonds is 10. The fraction of sp³-hybridized carbons (Fsp3) is 0.647. The SMILES string of the molecule is CCCCCCCCCC(NC)c1ccc(Br)cc1Cl. The van der Waals surface area contributed by atoms with Crippen LogP contribution in [0.1, 0.15) is 69.9 Å². The molecule has 0 aliphatic rings. The predicted octanol–water partition coefficient (Wildman–Crippen LogP) is 6.50. The van der Waals surface area contributed by atoms with Crippen LogP contribution in [0.4, 0.5) is 0 Å². The molecule has 0 radical (unpaired) electrons. The van der Waals surface area contributed by atoms with Gasteiger partial charge in [0, 0.05) is 15.5 Å². The normalized spacial score (nSPS) is 12.6. The summed E-state index contributed by atoms with van der Waals surface area (Å²) in [6.07, 6.45) is 10.6. The molecule has 0 saturated heterocycles. The molecule has 0 heterocycles. The van der Waals surface area contributed by atoms with E-state index in [-0.39, 0.29) is 0 Å². The summed E-state index contributed by atoms with van der Waals surface area (Å²) < 4.78 is 1.04. The molecule has 20 heavy (non-hydrogen) atoms. The third-order valence-corrected chi connectivity index (χ3v) is 4.60. The van der Waals surface area contributed by atoms with Crippen LogP contribution in [0.3, 0.4) is 0 Å². The van der Waals surface area contributed by atoms with Gasteiger partial charge >= 0.3 is 0 Å². The van der Waals surface area contributed by atoms with Crippen molar-refractivity contribution in [2.75, 3.05) is 7.05 Å². The second kappa shape index (κ2) is 10.6. The Morgan fingerprint density at radius 3 is 2.35 bits per heavy atom. The van der Waals surface area contributed by atoms with E-state index in [0.29, 0.717) is 6.04 Å². The Balaban J connectivity index is 2.32. The summed E-state index contributed by atoms with van der Waals surface area (Å²) in [7, 11) is 2.02. The summed E-state index contributed by atoms with van der Waals surface area (Å²) >= 11 is 9.79. The predicted molar refractivity (Wildman–Crippen MR) is 93.6 cm³/mol. The summed E-state index contributed by atoms with van der Waals surface area (Å²) in [5.41, 5.74) is 1.21. The number of nitrogens with one attached hydrogen (secondary N) is 1. The molecule has 1 N–H and O–H groups in total. The van der Waals surface area contributed by atoms with Crippen molar-refractivity contribution in [1.82, 2.24) is 5.32 Å². The maximum atomic E-state index is 6.33. The van der Waals surface area contributed by atoms with Gasteiger partial charge in [0.05, 0.1) is 0 Å². The molecule has 0 amide bonds. The van der Waals surface area contributed by atoms with Crippen LogP contribution in [0, 0.1) is 0 Å². The van der Waals surface area contributed by atoms with Gasteiger partial charge in [0.15, 0.2) is 0 Å². The van der Waals surface area contributed by atoms with Crippen LogP contribution in [0.15, 0.2) is 22.7 Å². The van der Waals surface area contributed by atoms with E-state index in [1.807, 2.05) is 13.1 Å². The summed E-state index contributed by atoms with van der Waals surface area (Å²) in [6, 6.07) is 6.53. The van der Waals surface area contributed by atoms with Crippen LogP contribution in [0.5, 0.6) is 0 Å². The number of hydrogen-bond acceptors (Lipinski definition) is 1. The minimum absolute atomic E-state index is 0.367. The van der Waals surface area contributed by atoms with Gasteiger partial charge in [0.1, 0.15) is 0 Å². The van der Waals surface area contributed by atoms with E-state index in [0.717, 1.165) is 15.9 Å². The lowest BCUT2D eigenvalue weighted by atomic mass is 9.99. The van der Waals surface area contributed by atoms with Crippen molar-refractivity contribution in [3.05, 3.63) is 33.3 Å². The second-order valence-corrected chi connectivity index (χ2v) is 6.74. The van der Waals surface area contributed by atoms with Crippen LogP contribution >= 0.6 is 27.5 Å². The number of benzene rings is 1. The molecule has 1 atom stereocenters. The summed E-state index contributed by atoms with van der Waals surface area (Å²) in [4.78, 5) is 0. The molecule has 1 nitrogen and oxygen atoms in total. The molecule has 1 aromatic rings. The Bertz CT molecular complexity index is 381. The van der Waals surface area contributed by atoms with Crippen molar-refractivity contribution < 1.29 is 0 Å². The average Bonchev–Trinajstić information content (AvgIpc) is 2.43. The van der Waals surface area contributed by atoms with Gasteiger partial charge in [-0.3, -0.25) is 0 Å². The number of halogens is 2. The first kappa shape index (κ1) is 18.0. The Morgan fingerprint density at radius 1 is 1.10 bits per heavy atom. The van der Waals surface area contributed by atoms with Gasteiger partial charge in [-0.25, -0.2) is 0 Å². The van der Waals surface area contributed by atoms with Crippen molar-refractivity contribution >= 4 is 27.5 Å². The lowest BCUT2D eigenvalue weighted by molar-refractivity contribution is 0.496. The van der Waals surface area contributed by atoms with Crippen molar-refractivity contribution in [1.29, 1.82) is 0 Å². The topological polar surface area (TPSA) is 12.0 Å². The Morgan fingerprint density at radius 2 is 1.75 bits per heavy atom. The Labute approximate surface area is 137 Å².